The lowest BCUT2D eigenvalue weighted by molar-refractivity contribution is 0.429. The first-order valence-electron chi connectivity index (χ1n) is 8.61. The van der Waals surface area contributed by atoms with E-state index in [0.29, 0.717) is 24.1 Å². The van der Waals surface area contributed by atoms with Crippen molar-refractivity contribution < 1.29 is 4.52 Å². The number of hydrogen-bond acceptors (Lipinski definition) is 5. The van der Waals surface area contributed by atoms with Gasteiger partial charge in [0.15, 0.2) is 0 Å². The maximum atomic E-state index is 5.40. The molecule has 0 spiro atoms. The van der Waals surface area contributed by atoms with Crippen molar-refractivity contribution in [1.82, 2.24) is 24.9 Å². The van der Waals surface area contributed by atoms with Crippen LogP contribution in [0.2, 0.25) is 0 Å². The van der Waals surface area contributed by atoms with Crippen LogP contribution in [0.25, 0.3) is 23.1 Å². The van der Waals surface area contributed by atoms with Crippen molar-refractivity contribution in [3.63, 3.8) is 0 Å². The molecule has 0 aliphatic carbocycles. The van der Waals surface area contributed by atoms with E-state index in [1.54, 1.807) is 0 Å². The summed E-state index contributed by atoms with van der Waals surface area (Å²) in [4.78, 5) is 9.03. The van der Waals surface area contributed by atoms with Gasteiger partial charge in [0.25, 0.3) is 5.89 Å². The summed E-state index contributed by atoms with van der Waals surface area (Å²) in [5, 5.41) is 8.64. The number of nitrogens with zero attached hydrogens (tertiary/aromatic N) is 5. The van der Waals surface area contributed by atoms with E-state index >= 15 is 0 Å². The van der Waals surface area contributed by atoms with Crippen molar-refractivity contribution in [3.8, 4) is 23.1 Å². The second-order valence-electron chi connectivity index (χ2n) is 6.14. The molecule has 0 amide bonds. The number of rotatable bonds is 5. The fraction of sp³-hybridized carbons (Fsp3) is 0.200. The van der Waals surface area contributed by atoms with Crippen LogP contribution in [0.5, 0.6) is 0 Å². The zero-order valence-corrected chi connectivity index (χ0v) is 14.8. The molecule has 2 aromatic heterocycles. The molecule has 6 heteroatoms. The van der Waals surface area contributed by atoms with Crippen LogP contribution in [-0.4, -0.2) is 24.9 Å². The Bertz CT molecular complexity index is 1000. The van der Waals surface area contributed by atoms with Gasteiger partial charge in [0, 0.05) is 12.0 Å². The van der Waals surface area contributed by atoms with E-state index in [1.807, 2.05) is 54.1 Å². The zero-order valence-electron chi connectivity index (χ0n) is 14.8. The van der Waals surface area contributed by atoms with E-state index < -0.39 is 0 Å². The van der Waals surface area contributed by atoms with Gasteiger partial charge >= 0.3 is 0 Å². The minimum atomic E-state index is 0.335. The third kappa shape index (κ3) is 3.26. The van der Waals surface area contributed by atoms with Gasteiger partial charge in [-0.05, 0) is 12.5 Å². The van der Waals surface area contributed by atoms with Gasteiger partial charge in [0.2, 0.25) is 11.6 Å². The largest absolute Gasteiger partial charge is 0.330 e. The van der Waals surface area contributed by atoms with E-state index in [-0.39, 0.29) is 0 Å². The van der Waals surface area contributed by atoms with Crippen LogP contribution in [0, 0.1) is 6.92 Å². The van der Waals surface area contributed by atoms with Gasteiger partial charge in [-0.25, -0.2) is 9.67 Å². The topological polar surface area (TPSA) is 69.6 Å². The summed E-state index contributed by atoms with van der Waals surface area (Å²) >= 11 is 0. The van der Waals surface area contributed by atoms with E-state index in [1.165, 1.54) is 11.1 Å². The van der Waals surface area contributed by atoms with E-state index in [2.05, 4.69) is 39.3 Å². The summed E-state index contributed by atoms with van der Waals surface area (Å²) in [5.74, 6) is 2.22. The molecule has 2 aromatic carbocycles. The van der Waals surface area contributed by atoms with Crippen LogP contribution >= 0.6 is 0 Å². The third-order valence-corrected chi connectivity index (χ3v) is 4.17. The van der Waals surface area contributed by atoms with Crippen molar-refractivity contribution in [2.24, 2.45) is 0 Å². The molecule has 0 N–H and O–H groups in total. The summed E-state index contributed by atoms with van der Waals surface area (Å²) in [6, 6.07) is 18.2. The predicted octanol–water partition coefficient (Wildman–Crippen LogP) is 3.91. The molecule has 0 saturated carbocycles. The molecule has 0 bridgehead atoms. The lowest BCUT2D eigenvalue weighted by Gasteiger charge is -2.03. The number of aromatic nitrogens is 5. The average Bonchev–Trinajstić information content (AvgIpc) is 3.30. The molecule has 0 radical (unpaired) electrons. The summed E-state index contributed by atoms with van der Waals surface area (Å²) in [6.45, 7) is 4.76. The predicted molar refractivity (Wildman–Crippen MR) is 98.4 cm³/mol. The first kappa shape index (κ1) is 16.2. The zero-order chi connectivity index (χ0) is 17.9. The maximum Gasteiger partial charge on any atom is 0.297 e. The van der Waals surface area contributed by atoms with Crippen molar-refractivity contribution in [2.75, 3.05) is 0 Å². The highest BCUT2D eigenvalue weighted by molar-refractivity contribution is 5.57. The standard InChI is InChI=1S/C20H19N5O/c1-3-17-21-19(23-25(17)13-15-7-5-4-6-8-15)20-22-18(24-26-20)16-11-9-14(2)10-12-16/h4-12H,3,13H2,1-2H3. The Labute approximate surface area is 151 Å². The van der Waals surface area contributed by atoms with Gasteiger partial charge in [-0.15, -0.1) is 5.10 Å². The minimum Gasteiger partial charge on any atom is -0.330 e. The monoisotopic (exact) mass is 345 g/mol. The highest BCUT2D eigenvalue weighted by Gasteiger charge is 2.17. The van der Waals surface area contributed by atoms with Crippen molar-refractivity contribution >= 4 is 0 Å². The Morgan fingerprint density at radius 2 is 1.69 bits per heavy atom. The normalized spacial score (nSPS) is 11.0. The molecule has 0 saturated heterocycles. The molecule has 26 heavy (non-hydrogen) atoms. The van der Waals surface area contributed by atoms with Crippen molar-refractivity contribution in [1.29, 1.82) is 0 Å². The van der Waals surface area contributed by atoms with Crippen molar-refractivity contribution in [3.05, 3.63) is 71.5 Å². The number of hydrogen-bond donors (Lipinski definition) is 0. The van der Waals surface area contributed by atoms with Gasteiger partial charge in [-0.3, -0.25) is 0 Å². The van der Waals surface area contributed by atoms with Crippen LogP contribution in [0.15, 0.2) is 59.1 Å². The van der Waals surface area contributed by atoms with Gasteiger partial charge in [-0.1, -0.05) is 72.2 Å². The highest BCUT2D eigenvalue weighted by atomic mass is 16.5. The molecule has 0 atom stereocenters. The SMILES string of the molecule is CCc1nc(-c2nc(-c3ccc(C)cc3)no2)nn1Cc1ccccc1. The number of benzene rings is 2. The van der Waals surface area contributed by atoms with Gasteiger partial charge in [-0.2, -0.15) is 4.98 Å². The van der Waals surface area contributed by atoms with Crippen LogP contribution < -0.4 is 0 Å². The molecule has 0 aliphatic heterocycles. The summed E-state index contributed by atoms with van der Waals surface area (Å²) in [7, 11) is 0. The second kappa shape index (κ2) is 6.92. The third-order valence-electron chi connectivity index (χ3n) is 4.17. The molecule has 4 rings (SSSR count). The fourth-order valence-electron chi connectivity index (χ4n) is 2.74. The molecule has 0 unspecified atom stereocenters. The summed E-state index contributed by atoms with van der Waals surface area (Å²) < 4.78 is 7.29. The highest BCUT2D eigenvalue weighted by Crippen LogP contribution is 2.21. The Balaban J connectivity index is 1.63. The molecule has 4 aromatic rings. The number of aryl methyl sites for hydroxylation is 2. The molecular weight excluding hydrogens is 326 g/mol. The van der Waals surface area contributed by atoms with Crippen molar-refractivity contribution in [2.45, 2.75) is 26.8 Å². The lowest BCUT2D eigenvalue weighted by atomic mass is 10.1. The smallest absolute Gasteiger partial charge is 0.297 e. The molecule has 6 nitrogen and oxygen atoms in total. The average molecular weight is 345 g/mol. The van der Waals surface area contributed by atoms with Gasteiger partial charge in [0.1, 0.15) is 5.82 Å². The summed E-state index contributed by atoms with van der Waals surface area (Å²) in [6.07, 6.45) is 0.777. The van der Waals surface area contributed by atoms with E-state index in [4.69, 9.17) is 4.52 Å². The first-order chi connectivity index (χ1) is 12.7. The molecule has 0 aliphatic rings. The molecular formula is C20H19N5O. The minimum absolute atomic E-state index is 0.335. The van der Waals surface area contributed by atoms with Crippen LogP contribution in [0.4, 0.5) is 0 Å². The van der Waals surface area contributed by atoms with Crippen LogP contribution in [-0.2, 0) is 13.0 Å². The summed E-state index contributed by atoms with van der Waals surface area (Å²) in [5.41, 5.74) is 3.26. The molecule has 130 valence electrons. The Hall–Kier alpha value is -3.28. The van der Waals surface area contributed by atoms with Crippen LogP contribution in [0.3, 0.4) is 0 Å². The van der Waals surface area contributed by atoms with Gasteiger partial charge < -0.3 is 4.52 Å². The second-order valence-corrected chi connectivity index (χ2v) is 6.14. The van der Waals surface area contributed by atoms with E-state index in [9.17, 15) is 0 Å². The quantitative estimate of drug-likeness (QED) is 0.548. The Kier molecular flexibility index (Phi) is 4.31. The maximum absolute atomic E-state index is 5.40. The van der Waals surface area contributed by atoms with E-state index in [0.717, 1.165) is 17.8 Å². The molecule has 2 heterocycles. The Morgan fingerprint density at radius 3 is 2.42 bits per heavy atom. The fourth-order valence-corrected chi connectivity index (χ4v) is 2.74. The van der Waals surface area contributed by atoms with Gasteiger partial charge in [0.05, 0.1) is 6.54 Å². The molecule has 0 fully saturated rings. The lowest BCUT2D eigenvalue weighted by Crippen LogP contribution is -2.06. The van der Waals surface area contributed by atoms with Crippen LogP contribution in [0.1, 0.15) is 23.9 Å². The first-order valence-corrected chi connectivity index (χ1v) is 8.61. The Morgan fingerprint density at radius 1 is 0.923 bits per heavy atom.